The molecule has 0 atom stereocenters. The third-order valence-electron chi connectivity index (χ3n) is 0.500. The molecule has 0 rings (SSSR count). The lowest BCUT2D eigenvalue weighted by molar-refractivity contribution is 0.469. The topological polar surface area (TPSA) is 0 Å². The molecule has 0 N–H and O–H groups in total. The normalized spacial score (nSPS) is 8.58. The van der Waals surface area contributed by atoms with Crippen LogP contribution in [0.5, 0.6) is 0 Å². The second-order valence-electron chi connectivity index (χ2n) is 4.41. The molecule has 12 heavy (non-hydrogen) atoms. The van der Waals surface area contributed by atoms with Crippen molar-refractivity contribution in [2.24, 2.45) is 5.41 Å². The Kier molecular flexibility index (Phi) is 19.7. The molecule has 0 aromatic rings. The molecule has 0 fully saturated rings. The van der Waals surface area contributed by atoms with Gasteiger partial charge in [0.05, 0.1) is 0 Å². The molecular weight excluding hydrogens is 144 g/mol. The molecule has 0 heteroatoms. The van der Waals surface area contributed by atoms with Gasteiger partial charge < -0.3 is 0 Å². The second-order valence-corrected chi connectivity index (χ2v) is 4.41. The van der Waals surface area contributed by atoms with Crippen LogP contribution in [0.2, 0.25) is 0 Å². The van der Waals surface area contributed by atoms with Crippen LogP contribution in [0, 0.1) is 5.41 Å². The van der Waals surface area contributed by atoms with E-state index in [9.17, 15) is 0 Å². The van der Waals surface area contributed by atoms with E-state index < -0.39 is 0 Å². The van der Waals surface area contributed by atoms with Gasteiger partial charge in [0, 0.05) is 0 Å². The van der Waals surface area contributed by atoms with Gasteiger partial charge in [-0.1, -0.05) is 60.5 Å². The van der Waals surface area contributed by atoms with E-state index in [0.29, 0.717) is 5.41 Å². The molecule has 0 saturated carbocycles. The molecule has 0 aliphatic heterocycles. The summed E-state index contributed by atoms with van der Waals surface area (Å²) >= 11 is 0. The lowest BCUT2D eigenvalue weighted by Crippen LogP contribution is -1.93. The van der Waals surface area contributed by atoms with Gasteiger partial charge in [-0.2, -0.15) is 0 Å². The monoisotopic (exact) mass is 172 g/mol. The summed E-state index contributed by atoms with van der Waals surface area (Å²) in [7, 11) is 0. The maximum atomic E-state index is 3.36. The maximum Gasteiger partial charge on any atom is -0.0411 e. The quantitative estimate of drug-likeness (QED) is 0.485. The van der Waals surface area contributed by atoms with Gasteiger partial charge in [0.15, 0.2) is 0 Å². The predicted octanol–water partition coefficient (Wildman–Crippen LogP) is 5.05. The van der Waals surface area contributed by atoms with E-state index in [1.165, 1.54) is 12.8 Å². The van der Waals surface area contributed by atoms with Crippen LogP contribution in [-0.2, 0) is 0 Å². The van der Waals surface area contributed by atoms with Crippen LogP contribution in [0.1, 0.15) is 61.3 Å². The van der Waals surface area contributed by atoms with Crippen molar-refractivity contribution >= 4 is 0 Å². The smallest absolute Gasteiger partial charge is 0.0411 e. The van der Waals surface area contributed by atoms with E-state index >= 15 is 0 Å². The van der Waals surface area contributed by atoms with E-state index in [1.54, 1.807) is 6.08 Å². The zero-order valence-electron chi connectivity index (χ0n) is 10.2. The van der Waals surface area contributed by atoms with Gasteiger partial charge in [0.1, 0.15) is 0 Å². The SMILES string of the molecule is C=CC.CC(C)(C)C.CCCC. The van der Waals surface area contributed by atoms with Crippen molar-refractivity contribution in [2.45, 2.75) is 61.3 Å². The predicted molar refractivity (Wildman–Crippen MR) is 61.6 cm³/mol. The molecule has 0 nitrogen and oxygen atoms in total. The van der Waals surface area contributed by atoms with Crippen molar-refractivity contribution in [1.29, 1.82) is 0 Å². The number of hydrogen-bond acceptors (Lipinski definition) is 0. The number of allylic oxidation sites excluding steroid dienone is 1. The summed E-state index contributed by atoms with van der Waals surface area (Å²) in [6.45, 7) is 18.4. The molecule has 0 unspecified atom stereocenters. The largest absolute Gasteiger partial charge is 0.103 e. The van der Waals surface area contributed by atoms with E-state index in [2.05, 4.69) is 48.1 Å². The van der Waals surface area contributed by atoms with Crippen molar-refractivity contribution in [1.82, 2.24) is 0 Å². The third kappa shape index (κ3) is 1360. The highest BCUT2D eigenvalue weighted by Crippen LogP contribution is 2.07. The first kappa shape index (κ1) is 17.7. The molecule has 0 aliphatic rings. The maximum absolute atomic E-state index is 3.36. The summed E-state index contributed by atoms with van der Waals surface area (Å²) in [4.78, 5) is 0. The van der Waals surface area contributed by atoms with E-state index in [0.717, 1.165) is 0 Å². The Bertz CT molecular complexity index is 56.6. The summed E-state index contributed by atoms with van der Waals surface area (Å²) in [6.07, 6.45) is 4.39. The standard InChI is InChI=1S/C5H12.C4H10.C3H6/c1-5(2,3)4;1-3-4-2;1-3-2/h1-4H3;3-4H2,1-2H3;3H,1H2,2H3. The summed E-state index contributed by atoms with van der Waals surface area (Å²) in [5.41, 5.74) is 0.500. The minimum atomic E-state index is 0.500. The van der Waals surface area contributed by atoms with Crippen LogP contribution >= 0.6 is 0 Å². The van der Waals surface area contributed by atoms with E-state index in [4.69, 9.17) is 0 Å². The summed E-state index contributed by atoms with van der Waals surface area (Å²) in [6, 6.07) is 0. The van der Waals surface area contributed by atoms with Gasteiger partial charge in [0.2, 0.25) is 0 Å². The van der Waals surface area contributed by atoms with Gasteiger partial charge in [-0.05, 0) is 12.3 Å². The molecule has 0 spiro atoms. The first-order valence-corrected chi connectivity index (χ1v) is 4.90. The Morgan fingerprint density at radius 3 is 1.08 bits per heavy atom. The minimum Gasteiger partial charge on any atom is -0.103 e. The molecule has 76 valence electrons. The zero-order valence-corrected chi connectivity index (χ0v) is 10.2. The first-order chi connectivity index (χ1) is 5.33. The fraction of sp³-hybridized carbons (Fsp3) is 0.833. The van der Waals surface area contributed by atoms with Gasteiger partial charge in [0.25, 0.3) is 0 Å². The van der Waals surface area contributed by atoms with Crippen LogP contribution < -0.4 is 0 Å². The van der Waals surface area contributed by atoms with Crippen molar-refractivity contribution in [3.05, 3.63) is 12.7 Å². The Hall–Kier alpha value is -0.260. The van der Waals surface area contributed by atoms with Gasteiger partial charge in [-0.3, -0.25) is 0 Å². The first-order valence-electron chi connectivity index (χ1n) is 4.90. The molecule has 0 saturated heterocycles. The summed E-state index contributed by atoms with van der Waals surface area (Å²) in [5.74, 6) is 0. The highest BCUT2D eigenvalue weighted by atomic mass is 14.0. The second kappa shape index (κ2) is 13.3. The van der Waals surface area contributed by atoms with E-state index in [1.807, 2.05) is 6.92 Å². The Labute approximate surface area is 80.1 Å². The molecule has 0 aliphatic carbocycles. The Balaban J connectivity index is -0.000000105. The summed E-state index contributed by atoms with van der Waals surface area (Å²) in [5, 5.41) is 0. The Morgan fingerprint density at radius 1 is 1.00 bits per heavy atom. The van der Waals surface area contributed by atoms with Crippen molar-refractivity contribution in [2.75, 3.05) is 0 Å². The molecular formula is C12H28. The molecule has 0 bridgehead atoms. The van der Waals surface area contributed by atoms with Gasteiger partial charge in [-0.15, -0.1) is 6.58 Å². The highest BCUT2D eigenvalue weighted by Gasteiger charge is 1.95. The van der Waals surface area contributed by atoms with Crippen LogP contribution in [0.15, 0.2) is 12.7 Å². The molecule has 0 amide bonds. The number of hydrogen-bond donors (Lipinski definition) is 0. The van der Waals surface area contributed by atoms with Crippen molar-refractivity contribution in [3.8, 4) is 0 Å². The molecule has 0 aromatic heterocycles. The van der Waals surface area contributed by atoms with E-state index in [-0.39, 0.29) is 0 Å². The third-order valence-corrected chi connectivity index (χ3v) is 0.500. The fourth-order valence-corrected chi connectivity index (χ4v) is 0. The number of rotatable bonds is 1. The zero-order chi connectivity index (χ0) is 10.6. The average molecular weight is 172 g/mol. The van der Waals surface area contributed by atoms with Crippen molar-refractivity contribution < 1.29 is 0 Å². The summed E-state index contributed by atoms with van der Waals surface area (Å²) < 4.78 is 0. The average Bonchev–Trinajstić information content (AvgIpc) is 1.85. The van der Waals surface area contributed by atoms with Crippen LogP contribution in [0.25, 0.3) is 0 Å². The fourth-order valence-electron chi connectivity index (χ4n) is 0. The minimum absolute atomic E-state index is 0.500. The molecule has 0 heterocycles. The molecule has 0 radical (unpaired) electrons. The lowest BCUT2D eigenvalue weighted by atomic mass is 10.0. The van der Waals surface area contributed by atoms with Crippen LogP contribution in [-0.4, -0.2) is 0 Å². The Morgan fingerprint density at radius 2 is 1.08 bits per heavy atom. The van der Waals surface area contributed by atoms with Crippen LogP contribution in [0.4, 0.5) is 0 Å². The van der Waals surface area contributed by atoms with Crippen molar-refractivity contribution in [3.63, 3.8) is 0 Å². The molecule has 0 aromatic carbocycles. The van der Waals surface area contributed by atoms with Crippen LogP contribution in [0.3, 0.4) is 0 Å². The highest BCUT2D eigenvalue weighted by molar-refractivity contribution is 4.51. The van der Waals surface area contributed by atoms with Gasteiger partial charge in [-0.25, -0.2) is 0 Å². The van der Waals surface area contributed by atoms with Gasteiger partial charge >= 0.3 is 0 Å². The number of unbranched alkanes of at least 4 members (excludes halogenated alkanes) is 1. The lowest BCUT2D eigenvalue weighted by Gasteiger charge is -2.05.